The Morgan fingerprint density at radius 2 is 1.81 bits per heavy atom. The van der Waals surface area contributed by atoms with Gasteiger partial charge in [-0.25, -0.2) is 0 Å². The van der Waals surface area contributed by atoms with E-state index in [0.717, 1.165) is 34.1 Å². The van der Waals surface area contributed by atoms with E-state index in [1.165, 1.54) is 4.68 Å². The number of nitrogens with one attached hydrogen (secondary N) is 1. The molecule has 0 bridgehead atoms. The molecule has 1 unspecified atom stereocenters. The number of aryl methyl sites for hydroxylation is 3. The molecule has 0 aliphatic carbocycles. The molecule has 6 nitrogen and oxygen atoms in total. The summed E-state index contributed by atoms with van der Waals surface area (Å²) < 4.78 is 6.24. The topological polar surface area (TPSA) is 82.1 Å². The predicted molar refractivity (Wildman–Crippen MR) is 102 cm³/mol. The number of benzene rings is 2. The van der Waals surface area contributed by atoms with Crippen molar-refractivity contribution in [2.24, 2.45) is 0 Å². The average Bonchev–Trinajstić information content (AvgIpc) is 2.99. The van der Waals surface area contributed by atoms with Crippen molar-refractivity contribution >= 4 is 23.4 Å². The molecule has 0 spiro atoms. The van der Waals surface area contributed by atoms with Gasteiger partial charge in [0.2, 0.25) is 11.6 Å². The number of rotatable bonds is 5. The fraction of sp³-hybridized carbons (Fsp3) is 0.250. The number of hydrogen-bond donors (Lipinski definition) is 1. The number of thioether (sulfide) groups is 1. The number of hydrogen-bond acceptors (Lipinski definition) is 5. The standard InChI is InChI=1S/C20H21N3O3S/c1-12-6-9-16(10-7-12)23-19(20(25)26-22-23)27-15(4)18(24)21-17-11-13(2)5-8-14(17)3/h5-11,15H,1-4H3,(H-,21,22,24,25). The highest BCUT2D eigenvalue weighted by Crippen LogP contribution is 2.28. The van der Waals surface area contributed by atoms with Crippen molar-refractivity contribution in [1.82, 2.24) is 5.27 Å². The lowest BCUT2D eigenvalue weighted by Gasteiger charge is -2.13. The maximum Gasteiger partial charge on any atom is 0.298 e. The summed E-state index contributed by atoms with van der Waals surface area (Å²) in [5, 5.41) is 18.6. The molecule has 1 aromatic heterocycles. The third kappa shape index (κ3) is 4.31. The summed E-state index contributed by atoms with van der Waals surface area (Å²) >= 11 is 1.12. The van der Waals surface area contributed by atoms with Gasteiger partial charge in [-0.15, -0.1) is 0 Å². The lowest BCUT2D eigenvalue weighted by Crippen LogP contribution is -2.36. The van der Waals surface area contributed by atoms with Crippen LogP contribution in [0.1, 0.15) is 23.6 Å². The molecule has 0 saturated carbocycles. The van der Waals surface area contributed by atoms with Crippen LogP contribution in [-0.4, -0.2) is 16.4 Å². The molecule has 0 aliphatic heterocycles. The van der Waals surface area contributed by atoms with Gasteiger partial charge in [-0.1, -0.05) is 29.8 Å². The highest BCUT2D eigenvalue weighted by molar-refractivity contribution is 8.00. The van der Waals surface area contributed by atoms with Gasteiger partial charge in [0.15, 0.2) is 5.95 Å². The number of carbonyl (C=O) groups is 1. The first-order valence-electron chi connectivity index (χ1n) is 8.56. The van der Waals surface area contributed by atoms with E-state index in [1.54, 1.807) is 6.92 Å². The summed E-state index contributed by atoms with van der Waals surface area (Å²) in [6.45, 7) is 7.63. The molecule has 3 aromatic rings. The van der Waals surface area contributed by atoms with Crippen LogP contribution in [0.2, 0.25) is 0 Å². The summed E-state index contributed by atoms with van der Waals surface area (Å²) in [7, 11) is 0. The number of anilines is 1. The second-order valence-corrected chi connectivity index (χ2v) is 7.81. The zero-order valence-corrected chi connectivity index (χ0v) is 16.5. The highest BCUT2D eigenvalue weighted by atomic mass is 32.2. The van der Waals surface area contributed by atoms with Crippen molar-refractivity contribution in [2.45, 2.75) is 38.0 Å². The fourth-order valence-corrected chi connectivity index (χ4v) is 3.39. The molecule has 3 rings (SSSR count). The first-order chi connectivity index (χ1) is 12.8. The van der Waals surface area contributed by atoms with Crippen molar-refractivity contribution in [1.29, 1.82) is 0 Å². The van der Waals surface area contributed by atoms with Crippen LogP contribution in [0.5, 0.6) is 5.95 Å². The van der Waals surface area contributed by atoms with Gasteiger partial charge < -0.3 is 14.9 Å². The van der Waals surface area contributed by atoms with Gasteiger partial charge in [-0.05, 0) is 61.3 Å². The van der Waals surface area contributed by atoms with Gasteiger partial charge >= 0.3 is 0 Å². The van der Waals surface area contributed by atoms with Gasteiger partial charge in [0, 0.05) is 17.8 Å². The summed E-state index contributed by atoms with van der Waals surface area (Å²) in [6, 6.07) is 13.4. The van der Waals surface area contributed by atoms with Crippen molar-refractivity contribution < 1.29 is 19.1 Å². The third-order valence-electron chi connectivity index (χ3n) is 4.16. The summed E-state index contributed by atoms with van der Waals surface area (Å²) in [4.78, 5) is 12.6. The van der Waals surface area contributed by atoms with Gasteiger partial charge in [0.05, 0.1) is 10.5 Å². The van der Waals surface area contributed by atoms with E-state index in [0.29, 0.717) is 5.69 Å². The minimum absolute atomic E-state index is 0.190. The Labute approximate surface area is 162 Å². The first kappa shape index (κ1) is 19.0. The Morgan fingerprint density at radius 1 is 1.15 bits per heavy atom. The predicted octanol–water partition coefficient (Wildman–Crippen LogP) is 3.07. The average molecular weight is 383 g/mol. The van der Waals surface area contributed by atoms with Crippen LogP contribution in [0.4, 0.5) is 5.69 Å². The minimum Gasteiger partial charge on any atom is -0.538 e. The smallest absolute Gasteiger partial charge is 0.298 e. The van der Waals surface area contributed by atoms with Gasteiger partial charge in [-0.3, -0.25) is 4.79 Å². The molecule has 0 saturated heterocycles. The van der Waals surface area contributed by atoms with Gasteiger partial charge in [0.1, 0.15) is 0 Å². The summed E-state index contributed by atoms with van der Waals surface area (Å²) in [5.41, 5.74) is 4.62. The number of amides is 1. The van der Waals surface area contributed by atoms with Gasteiger partial charge in [0.25, 0.3) is 5.03 Å². The zero-order chi connectivity index (χ0) is 19.6. The molecule has 1 heterocycles. The van der Waals surface area contributed by atoms with E-state index in [-0.39, 0.29) is 10.9 Å². The van der Waals surface area contributed by atoms with Crippen LogP contribution < -0.4 is 15.1 Å². The molecule has 0 aliphatic rings. The van der Waals surface area contributed by atoms with E-state index in [4.69, 9.17) is 4.52 Å². The largest absolute Gasteiger partial charge is 0.538 e. The van der Waals surface area contributed by atoms with Gasteiger partial charge in [-0.2, -0.15) is 0 Å². The molecule has 1 amide bonds. The van der Waals surface area contributed by atoms with E-state index < -0.39 is 11.2 Å². The molecular weight excluding hydrogens is 362 g/mol. The normalized spacial score (nSPS) is 12.0. The van der Waals surface area contributed by atoms with Crippen LogP contribution in [-0.2, 0) is 4.79 Å². The van der Waals surface area contributed by atoms with Crippen molar-refractivity contribution in [3.63, 3.8) is 0 Å². The molecule has 0 radical (unpaired) electrons. The van der Waals surface area contributed by atoms with Crippen LogP contribution >= 0.6 is 11.8 Å². The number of nitrogens with zero attached hydrogens (tertiary/aromatic N) is 2. The molecule has 0 fully saturated rings. The molecule has 140 valence electrons. The number of aromatic nitrogens is 2. The molecule has 1 N–H and O–H groups in total. The third-order valence-corrected chi connectivity index (χ3v) is 5.29. The fourth-order valence-electron chi connectivity index (χ4n) is 2.51. The summed E-state index contributed by atoms with van der Waals surface area (Å²) in [5.74, 6) is -0.753. The Hall–Kier alpha value is -2.80. The Kier molecular flexibility index (Phi) is 5.51. The highest BCUT2D eigenvalue weighted by Gasteiger charge is 2.26. The molecule has 7 heteroatoms. The van der Waals surface area contributed by atoms with Crippen LogP contribution in [0, 0.1) is 20.8 Å². The maximum absolute atomic E-state index is 12.6. The molecule has 27 heavy (non-hydrogen) atoms. The van der Waals surface area contributed by atoms with E-state index in [2.05, 4.69) is 10.6 Å². The van der Waals surface area contributed by atoms with Crippen molar-refractivity contribution in [3.05, 3.63) is 59.2 Å². The molecular formula is C20H21N3O3S. The lowest BCUT2D eigenvalue weighted by atomic mass is 10.1. The van der Waals surface area contributed by atoms with Crippen molar-refractivity contribution in [2.75, 3.05) is 5.32 Å². The van der Waals surface area contributed by atoms with Crippen LogP contribution in [0.15, 0.2) is 52.0 Å². The second kappa shape index (κ2) is 7.84. The quantitative estimate of drug-likeness (QED) is 0.541. The molecule has 2 aromatic carbocycles. The Morgan fingerprint density at radius 3 is 2.52 bits per heavy atom. The Balaban J connectivity index is 1.78. The monoisotopic (exact) mass is 383 g/mol. The van der Waals surface area contributed by atoms with Crippen LogP contribution in [0.25, 0.3) is 5.69 Å². The van der Waals surface area contributed by atoms with Crippen molar-refractivity contribution in [3.8, 4) is 11.6 Å². The minimum atomic E-state index is -0.563. The van der Waals surface area contributed by atoms with E-state index >= 15 is 0 Å². The second-order valence-electron chi connectivity index (χ2n) is 6.48. The van der Waals surface area contributed by atoms with E-state index in [1.807, 2.05) is 63.2 Å². The maximum atomic E-state index is 12.6. The Bertz CT molecular complexity index is 967. The SMILES string of the molecule is Cc1ccc(-[n+]2noc([O-])c2SC(C)C(=O)Nc2cc(C)ccc2C)cc1. The van der Waals surface area contributed by atoms with E-state index in [9.17, 15) is 9.90 Å². The first-order valence-corrected chi connectivity index (χ1v) is 9.44. The lowest BCUT2D eigenvalue weighted by molar-refractivity contribution is -0.705. The summed E-state index contributed by atoms with van der Waals surface area (Å²) in [6.07, 6.45) is 0. The van der Waals surface area contributed by atoms with Crippen LogP contribution in [0.3, 0.4) is 0 Å². The number of carbonyl (C=O) groups excluding carboxylic acids is 1. The molecule has 1 atom stereocenters. The zero-order valence-electron chi connectivity index (χ0n) is 15.6.